The van der Waals surface area contributed by atoms with Crippen LogP contribution in [0.2, 0.25) is 0 Å². The van der Waals surface area contributed by atoms with Gasteiger partial charge in [-0.05, 0) is 44.5 Å². The Bertz CT molecular complexity index is 699. The number of aromatic amines is 1. The van der Waals surface area contributed by atoms with Gasteiger partial charge in [-0.2, -0.15) is 5.10 Å². The SMILES string of the molecule is Cc1nc(C2CCCN2C(=O)CN(C)Cc2ccc(F)cc2)n[nH]1. The number of hydrogen-bond acceptors (Lipinski definition) is 4. The molecule has 2 aromatic rings. The van der Waals surface area contributed by atoms with Crippen LogP contribution in [0.1, 0.15) is 36.1 Å². The van der Waals surface area contributed by atoms with E-state index in [1.165, 1.54) is 12.1 Å². The molecule has 0 saturated carbocycles. The van der Waals surface area contributed by atoms with Crippen molar-refractivity contribution in [1.29, 1.82) is 0 Å². The first-order valence-electron chi connectivity index (χ1n) is 8.14. The van der Waals surface area contributed by atoms with E-state index in [0.29, 0.717) is 18.9 Å². The van der Waals surface area contributed by atoms with Gasteiger partial charge in [-0.15, -0.1) is 0 Å². The number of carbonyl (C=O) groups is 1. The highest BCUT2D eigenvalue weighted by Gasteiger charge is 2.32. The summed E-state index contributed by atoms with van der Waals surface area (Å²) in [4.78, 5) is 20.8. The predicted octanol–water partition coefficient (Wildman–Crippen LogP) is 2.05. The summed E-state index contributed by atoms with van der Waals surface area (Å²) in [5.74, 6) is 1.28. The van der Waals surface area contributed by atoms with E-state index >= 15 is 0 Å². The van der Waals surface area contributed by atoms with Gasteiger partial charge in [-0.1, -0.05) is 12.1 Å². The molecule has 1 atom stereocenters. The number of likely N-dealkylation sites (tertiary alicyclic amines) is 1. The second kappa shape index (κ2) is 7.09. The zero-order valence-corrected chi connectivity index (χ0v) is 14.0. The van der Waals surface area contributed by atoms with Crippen molar-refractivity contribution >= 4 is 5.91 Å². The van der Waals surface area contributed by atoms with Crippen LogP contribution < -0.4 is 0 Å². The molecule has 6 nitrogen and oxygen atoms in total. The normalized spacial score (nSPS) is 17.7. The molecule has 1 aliphatic heterocycles. The molecular weight excluding hydrogens is 309 g/mol. The van der Waals surface area contributed by atoms with E-state index < -0.39 is 0 Å². The molecule has 1 fully saturated rings. The van der Waals surface area contributed by atoms with Gasteiger partial charge in [-0.3, -0.25) is 14.8 Å². The van der Waals surface area contributed by atoms with Crippen molar-refractivity contribution in [3.05, 3.63) is 47.3 Å². The molecule has 2 heterocycles. The van der Waals surface area contributed by atoms with Crippen LogP contribution in [0.15, 0.2) is 24.3 Å². The highest BCUT2D eigenvalue weighted by molar-refractivity contribution is 5.79. The molecule has 7 heteroatoms. The number of nitrogens with one attached hydrogen (secondary N) is 1. The first-order chi connectivity index (χ1) is 11.5. The lowest BCUT2D eigenvalue weighted by atomic mass is 10.2. The van der Waals surface area contributed by atoms with Gasteiger partial charge < -0.3 is 4.90 Å². The summed E-state index contributed by atoms with van der Waals surface area (Å²) in [6, 6.07) is 6.32. The summed E-state index contributed by atoms with van der Waals surface area (Å²) in [5, 5.41) is 7.05. The van der Waals surface area contributed by atoms with Crippen LogP contribution in [-0.2, 0) is 11.3 Å². The van der Waals surface area contributed by atoms with Crippen molar-refractivity contribution in [2.75, 3.05) is 20.1 Å². The maximum Gasteiger partial charge on any atom is 0.237 e. The predicted molar refractivity (Wildman–Crippen MR) is 87.5 cm³/mol. The maximum absolute atomic E-state index is 13.0. The summed E-state index contributed by atoms with van der Waals surface area (Å²) in [5.41, 5.74) is 0.981. The summed E-state index contributed by atoms with van der Waals surface area (Å²) >= 11 is 0. The van der Waals surface area contributed by atoms with Gasteiger partial charge in [0.05, 0.1) is 12.6 Å². The van der Waals surface area contributed by atoms with Crippen LogP contribution >= 0.6 is 0 Å². The van der Waals surface area contributed by atoms with Crippen LogP contribution in [0, 0.1) is 12.7 Å². The van der Waals surface area contributed by atoms with E-state index in [1.54, 1.807) is 12.1 Å². The Balaban J connectivity index is 1.60. The van der Waals surface area contributed by atoms with Gasteiger partial charge >= 0.3 is 0 Å². The first-order valence-corrected chi connectivity index (χ1v) is 8.14. The second-order valence-corrected chi connectivity index (χ2v) is 6.32. The molecular formula is C17H22FN5O. The smallest absolute Gasteiger partial charge is 0.237 e. The Morgan fingerprint density at radius 3 is 2.83 bits per heavy atom. The monoisotopic (exact) mass is 331 g/mol. The lowest BCUT2D eigenvalue weighted by Gasteiger charge is -2.25. The quantitative estimate of drug-likeness (QED) is 0.911. The number of likely N-dealkylation sites (N-methyl/N-ethyl adjacent to an activating group) is 1. The van der Waals surface area contributed by atoms with E-state index in [2.05, 4.69) is 15.2 Å². The molecule has 128 valence electrons. The average molecular weight is 331 g/mol. The first kappa shape index (κ1) is 16.6. The number of halogens is 1. The second-order valence-electron chi connectivity index (χ2n) is 6.32. The van der Waals surface area contributed by atoms with Crippen molar-refractivity contribution in [3.63, 3.8) is 0 Å². The van der Waals surface area contributed by atoms with E-state index in [9.17, 15) is 9.18 Å². The fourth-order valence-electron chi connectivity index (χ4n) is 3.12. The van der Waals surface area contributed by atoms with Crippen LogP contribution in [-0.4, -0.2) is 51.0 Å². The molecule has 1 N–H and O–H groups in total. The van der Waals surface area contributed by atoms with Crippen LogP contribution in [0.5, 0.6) is 0 Å². The van der Waals surface area contributed by atoms with E-state index in [4.69, 9.17) is 0 Å². The van der Waals surface area contributed by atoms with E-state index in [-0.39, 0.29) is 17.8 Å². The molecule has 1 aliphatic rings. The average Bonchev–Trinajstić information content (AvgIpc) is 3.18. The van der Waals surface area contributed by atoms with Gasteiger partial charge in [-0.25, -0.2) is 9.37 Å². The lowest BCUT2D eigenvalue weighted by Crippen LogP contribution is -2.38. The fraction of sp³-hybridized carbons (Fsp3) is 0.471. The van der Waals surface area contributed by atoms with Gasteiger partial charge in [0.25, 0.3) is 0 Å². The van der Waals surface area contributed by atoms with Crippen molar-refractivity contribution in [1.82, 2.24) is 25.0 Å². The summed E-state index contributed by atoms with van der Waals surface area (Å²) in [6.45, 7) is 3.51. The van der Waals surface area contributed by atoms with Crippen molar-refractivity contribution in [2.24, 2.45) is 0 Å². The third-order valence-corrected chi connectivity index (χ3v) is 4.26. The van der Waals surface area contributed by atoms with Crippen molar-refractivity contribution in [3.8, 4) is 0 Å². The van der Waals surface area contributed by atoms with Crippen LogP contribution in [0.25, 0.3) is 0 Å². The largest absolute Gasteiger partial charge is 0.331 e. The van der Waals surface area contributed by atoms with Gasteiger partial charge in [0, 0.05) is 13.1 Å². The molecule has 3 rings (SSSR count). The number of benzene rings is 1. The zero-order chi connectivity index (χ0) is 17.1. The molecule has 1 unspecified atom stereocenters. The molecule has 1 aromatic carbocycles. The third kappa shape index (κ3) is 3.79. The fourth-order valence-corrected chi connectivity index (χ4v) is 3.12. The number of H-pyrrole nitrogens is 1. The Labute approximate surface area is 140 Å². The number of nitrogens with zero attached hydrogens (tertiary/aromatic N) is 4. The highest BCUT2D eigenvalue weighted by Crippen LogP contribution is 2.29. The molecule has 0 bridgehead atoms. The Kier molecular flexibility index (Phi) is 4.89. The molecule has 1 saturated heterocycles. The topological polar surface area (TPSA) is 65.1 Å². The standard InChI is InChI=1S/C17H22FN5O/c1-12-19-17(21-20-12)15-4-3-9-23(15)16(24)11-22(2)10-13-5-7-14(18)8-6-13/h5-8,15H,3-4,9-11H2,1-2H3,(H,19,20,21). The Hall–Kier alpha value is -2.28. The summed E-state index contributed by atoms with van der Waals surface area (Å²) < 4.78 is 13.0. The number of aryl methyl sites for hydroxylation is 1. The van der Waals surface area contributed by atoms with E-state index in [1.807, 2.05) is 23.8 Å². The summed E-state index contributed by atoms with van der Waals surface area (Å²) in [6.07, 6.45) is 1.86. The molecule has 1 amide bonds. The zero-order valence-electron chi connectivity index (χ0n) is 14.0. The number of aromatic nitrogens is 3. The maximum atomic E-state index is 13.0. The lowest BCUT2D eigenvalue weighted by molar-refractivity contribution is -0.133. The molecule has 24 heavy (non-hydrogen) atoms. The number of amides is 1. The number of rotatable bonds is 5. The van der Waals surface area contributed by atoms with Crippen molar-refractivity contribution < 1.29 is 9.18 Å². The van der Waals surface area contributed by atoms with Gasteiger partial charge in [0.2, 0.25) is 5.91 Å². The highest BCUT2D eigenvalue weighted by atomic mass is 19.1. The molecule has 0 aliphatic carbocycles. The van der Waals surface area contributed by atoms with Gasteiger partial charge in [0.15, 0.2) is 5.82 Å². The van der Waals surface area contributed by atoms with Crippen molar-refractivity contribution in [2.45, 2.75) is 32.4 Å². The number of carbonyl (C=O) groups excluding carboxylic acids is 1. The minimum atomic E-state index is -0.251. The van der Waals surface area contributed by atoms with E-state index in [0.717, 1.165) is 30.8 Å². The van der Waals surface area contributed by atoms with Crippen LogP contribution in [0.4, 0.5) is 4.39 Å². The number of hydrogen-bond donors (Lipinski definition) is 1. The Morgan fingerprint density at radius 2 is 2.17 bits per heavy atom. The molecule has 1 aromatic heterocycles. The Morgan fingerprint density at radius 1 is 1.42 bits per heavy atom. The molecule has 0 radical (unpaired) electrons. The van der Waals surface area contributed by atoms with Crippen LogP contribution in [0.3, 0.4) is 0 Å². The third-order valence-electron chi connectivity index (χ3n) is 4.26. The minimum Gasteiger partial charge on any atom is -0.331 e. The molecule has 0 spiro atoms. The summed E-state index contributed by atoms with van der Waals surface area (Å²) in [7, 11) is 1.89. The minimum absolute atomic E-state index is 0.0401. The van der Waals surface area contributed by atoms with Gasteiger partial charge in [0.1, 0.15) is 11.6 Å².